The first-order valence-corrected chi connectivity index (χ1v) is 6.62. The SMILES string of the molecule is CCC(C)NC(=O)CC(CN)c1cccc(C)c1. The van der Waals surface area contributed by atoms with Crippen LogP contribution in [0.3, 0.4) is 0 Å². The summed E-state index contributed by atoms with van der Waals surface area (Å²) >= 11 is 0. The summed E-state index contributed by atoms with van der Waals surface area (Å²) in [5.74, 6) is 0.190. The van der Waals surface area contributed by atoms with Gasteiger partial charge in [-0.1, -0.05) is 36.8 Å². The Labute approximate surface area is 110 Å². The summed E-state index contributed by atoms with van der Waals surface area (Å²) < 4.78 is 0. The Balaban J connectivity index is 2.65. The number of hydrogen-bond acceptors (Lipinski definition) is 2. The average Bonchev–Trinajstić information content (AvgIpc) is 2.35. The van der Waals surface area contributed by atoms with Crippen molar-refractivity contribution in [1.29, 1.82) is 0 Å². The van der Waals surface area contributed by atoms with E-state index in [1.54, 1.807) is 0 Å². The number of carbonyl (C=O) groups is 1. The first-order valence-electron chi connectivity index (χ1n) is 6.62. The maximum absolute atomic E-state index is 11.9. The molecule has 0 fully saturated rings. The van der Waals surface area contributed by atoms with Crippen LogP contribution < -0.4 is 11.1 Å². The minimum absolute atomic E-state index is 0.0845. The number of amides is 1. The van der Waals surface area contributed by atoms with Crippen molar-refractivity contribution in [1.82, 2.24) is 5.32 Å². The Morgan fingerprint density at radius 1 is 1.44 bits per heavy atom. The van der Waals surface area contributed by atoms with Crippen molar-refractivity contribution in [3.05, 3.63) is 35.4 Å². The Morgan fingerprint density at radius 2 is 2.17 bits per heavy atom. The molecule has 2 atom stereocenters. The second kappa shape index (κ2) is 7.17. The van der Waals surface area contributed by atoms with Gasteiger partial charge in [-0.2, -0.15) is 0 Å². The average molecular weight is 248 g/mol. The van der Waals surface area contributed by atoms with Crippen molar-refractivity contribution in [3.8, 4) is 0 Å². The second-order valence-corrected chi connectivity index (χ2v) is 4.93. The van der Waals surface area contributed by atoms with Crippen LogP contribution in [0, 0.1) is 6.92 Å². The molecule has 1 amide bonds. The maximum Gasteiger partial charge on any atom is 0.220 e. The number of benzene rings is 1. The van der Waals surface area contributed by atoms with Gasteiger partial charge >= 0.3 is 0 Å². The van der Waals surface area contributed by atoms with Crippen LogP contribution >= 0.6 is 0 Å². The van der Waals surface area contributed by atoms with E-state index in [2.05, 4.69) is 31.3 Å². The maximum atomic E-state index is 11.9. The van der Waals surface area contributed by atoms with E-state index >= 15 is 0 Å². The lowest BCUT2D eigenvalue weighted by molar-refractivity contribution is -0.122. The summed E-state index contributed by atoms with van der Waals surface area (Å²) in [4.78, 5) is 11.9. The van der Waals surface area contributed by atoms with E-state index in [-0.39, 0.29) is 17.9 Å². The van der Waals surface area contributed by atoms with Gasteiger partial charge < -0.3 is 11.1 Å². The molecule has 3 heteroatoms. The molecule has 0 spiro atoms. The summed E-state index contributed by atoms with van der Waals surface area (Å²) in [6.07, 6.45) is 1.41. The van der Waals surface area contributed by atoms with E-state index in [1.807, 2.05) is 19.1 Å². The molecule has 3 N–H and O–H groups in total. The molecule has 0 bridgehead atoms. The minimum atomic E-state index is 0.0845. The number of hydrogen-bond donors (Lipinski definition) is 2. The molecule has 0 aliphatic heterocycles. The van der Waals surface area contributed by atoms with Gasteiger partial charge in [-0.15, -0.1) is 0 Å². The normalized spacial score (nSPS) is 14.0. The fourth-order valence-corrected chi connectivity index (χ4v) is 1.92. The van der Waals surface area contributed by atoms with Crippen LogP contribution in [-0.2, 0) is 4.79 Å². The lowest BCUT2D eigenvalue weighted by atomic mass is 9.94. The number of nitrogens with two attached hydrogens (primary N) is 1. The number of aryl methyl sites for hydroxylation is 1. The van der Waals surface area contributed by atoms with Gasteiger partial charge in [0.2, 0.25) is 5.91 Å². The molecule has 0 aliphatic rings. The van der Waals surface area contributed by atoms with Gasteiger partial charge in [-0.25, -0.2) is 0 Å². The zero-order valence-electron chi connectivity index (χ0n) is 11.6. The van der Waals surface area contributed by atoms with Gasteiger partial charge in [0.15, 0.2) is 0 Å². The van der Waals surface area contributed by atoms with Crippen LogP contribution in [0.15, 0.2) is 24.3 Å². The smallest absolute Gasteiger partial charge is 0.220 e. The Morgan fingerprint density at radius 3 is 2.72 bits per heavy atom. The van der Waals surface area contributed by atoms with Crippen LogP contribution in [0.25, 0.3) is 0 Å². The van der Waals surface area contributed by atoms with Crippen molar-refractivity contribution in [2.45, 2.75) is 45.6 Å². The largest absolute Gasteiger partial charge is 0.354 e. The molecule has 1 aromatic rings. The van der Waals surface area contributed by atoms with Crippen LogP contribution in [0.4, 0.5) is 0 Å². The van der Waals surface area contributed by atoms with Crippen LogP contribution in [0.2, 0.25) is 0 Å². The van der Waals surface area contributed by atoms with E-state index in [0.29, 0.717) is 13.0 Å². The molecular formula is C15H24N2O. The van der Waals surface area contributed by atoms with Crippen LogP contribution in [0.5, 0.6) is 0 Å². The molecule has 18 heavy (non-hydrogen) atoms. The number of carbonyl (C=O) groups excluding carboxylic acids is 1. The topological polar surface area (TPSA) is 55.1 Å². The lowest BCUT2D eigenvalue weighted by Gasteiger charge is -2.17. The standard InChI is InChI=1S/C15H24N2O/c1-4-12(3)17-15(18)9-14(10-16)13-7-5-6-11(2)8-13/h5-8,12,14H,4,9-10,16H2,1-3H3,(H,17,18). The molecule has 0 saturated carbocycles. The van der Waals surface area contributed by atoms with E-state index in [0.717, 1.165) is 12.0 Å². The molecule has 0 heterocycles. The summed E-state index contributed by atoms with van der Waals surface area (Å²) in [6.45, 7) is 6.63. The molecule has 1 rings (SSSR count). The molecule has 0 saturated heterocycles. The van der Waals surface area contributed by atoms with E-state index in [9.17, 15) is 4.79 Å². The third-order valence-corrected chi connectivity index (χ3v) is 3.25. The van der Waals surface area contributed by atoms with E-state index in [1.165, 1.54) is 5.56 Å². The highest BCUT2D eigenvalue weighted by Crippen LogP contribution is 2.19. The lowest BCUT2D eigenvalue weighted by Crippen LogP contribution is -2.33. The number of nitrogens with one attached hydrogen (secondary N) is 1. The van der Waals surface area contributed by atoms with Gasteiger partial charge in [-0.05, 0) is 32.4 Å². The molecule has 3 nitrogen and oxygen atoms in total. The second-order valence-electron chi connectivity index (χ2n) is 4.93. The molecule has 100 valence electrons. The van der Waals surface area contributed by atoms with Crippen molar-refractivity contribution in [2.75, 3.05) is 6.54 Å². The van der Waals surface area contributed by atoms with Crippen molar-refractivity contribution in [2.24, 2.45) is 5.73 Å². The molecule has 0 radical (unpaired) electrons. The van der Waals surface area contributed by atoms with Crippen molar-refractivity contribution in [3.63, 3.8) is 0 Å². The summed E-state index contributed by atoms with van der Waals surface area (Å²) in [5.41, 5.74) is 8.14. The summed E-state index contributed by atoms with van der Waals surface area (Å²) in [7, 11) is 0. The quantitative estimate of drug-likeness (QED) is 0.812. The van der Waals surface area contributed by atoms with E-state index in [4.69, 9.17) is 5.73 Å². The third-order valence-electron chi connectivity index (χ3n) is 3.25. The molecule has 0 aromatic heterocycles. The predicted octanol–water partition coefficient (Wildman–Crippen LogP) is 2.34. The molecule has 0 aliphatic carbocycles. The highest BCUT2D eigenvalue weighted by molar-refractivity contribution is 5.77. The Kier molecular flexibility index (Phi) is 5.86. The minimum Gasteiger partial charge on any atom is -0.354 e. The summed E-state index contributed by atoms with van der Waals surface area (Å²) in [5, 5.41) is 2.98. The monoisotopic (exact) mass is 248 g/mol. The van der Waals surface area contributed by atoms with Crippen molar-refractivity contribution >= 4 is 5.91 Å². The third kappa shape index (κ3) is 4.49. The predicted molar refractivity (Wildman–Crippen MR) is 75.5 cm³/mol. The first kappa shape index (κ1) is 14.7. The fraction of sp³-hybridized carbons (Fsp3) is 0.533. The summed E-state index contributed by atoms with van der Waals surface area (Å²) in [6, 6.07) is 8.44. The van der Waals surface area contributed by atoms with Crippen LogP contribution in [-0.4, -0.2) is 18.5 Å². The van der Waals surface area contributed by atoms with Gasteiger partial charge in [-0.3, -0.25) is 4.79 Å². The van der Waals surface area contributed by atoms with Gasteiger partial charge in [0.25, 0.3) is 0 Å². The first-order chi connectivity index (χ1) is 8.56. The fourth-order valence-electron chi connectivity index (χ4n) is 1.92. The van der Waals surface area contributed by atoms with Crippen molar-refractivity contribution < 1.29 is 4.79 Å². The number of rotatable bonds is 6. The zero-order valence-corrected chi connectivity index (χ0v) is 11.6. The molecule has 2 unspecified atom stereocenters. The molecule has 1 aromatic carbocycles. The van der Waals surface area contributed by atoms with Gasteiger partial charge in [0.05, 0.1) is 0 Å². The van der Waals surface area contributed by atoms with Gasteiger partial charge in [0, 0.05) is 18.4 Å². The van der Waals surface area contributed by atoms with E-state index < -0.39 is 0 Å². The highest BCUT2D eigenvalue weighted by Gasteiger charge is 2.15. The Bertz CT molecular complexity index is 390. The van der Waals surface area contributed by atoms with Gasteiger partial charge in [0.1, 0.15) is 0 Å². The highest BCUT2D eigenvalue weighted by atomic mass is 16.1. The molecular weight excluding hydrogens is 224 g/mol. The zero-order chi connectivity index (χ0) is 13.5. The Hall–Kier alpha value is -1.35. The van der Waals surface area contributed by atoms with Crippen LogP contribution in [0.1, 0.15) is 43.7 Å².